The third-order valence-corrected chi connectivity index (χ3v) is 0.603. The van der Waals surface area contributed by atoms with Gasteiger partial charge in [-0.05, 0) is 5.53 Å². The molecule has 1 atom stereocenters. The lowest BCUT2D eigenvalue weighted by Gasteiger charge is -1.96. The summed E-state index contributed by atoms with van der Waals surface area (Å²) in [6, 6.07) is 0. The van der Waals surface area contributed by atoms with Crippen LogP contribution in [0, 0.1) is 0 Å². The Morgan fingerprint density at radius 3 is 2.78 bits per heavy atom. The van der Waals surface area contributed by atoms with Crippen LogP contribution in [-0.2, 0) is 4.79 Å². The Kier molecular flexibility index (Phi) is 3.19. The fourth-order valence-electron chi connectivity index (χ4n) is 0.192. The number of azide groups is 1. The standard InChI is InChI=1S/C3H5N3O3/c4-6-5-1-2(7)3(8)9/h2,7H,1H2,(H,8,9)/t2-/m0/s1. The number of carboxylic acid groups (broad SMARTS) is 1. The van der Waals surface area contributed by atoms with Crippen molar-refractivity contribution in [3.63, 3.8) is 0 Å². The Balaban J connectivity index is 3.63. The van der Waals surface area contributed by atoms with Crippen LogP contribution in [0.15, 0.2) is 5.11 Å². The zero-order valence-electron chi connectivity index (χ0n) is 4.43. The third kappa shape index (κ3) is 3.33. The molecule has 9 heavy (non-hydrogen) atoms. The van der Waals surface area contributed by atoms with Crippen LogP contribution < -0.4 is 0 Å². The van der Waals surface area contributed by atoms with Crippen molar-refractivity contribution in [3.05, 3.63) is 10.4 Å². The first-order valence-electron chi connectivity index (χ1n) is 2.10. The lowest BCUT2D eigenvalue weighted by atomic mass is 10.4. The molecule has 0 aliphatic heterocycles. The zero-order chi connectivity index (χ0) is 7.28. The Morgan fingerprint density at radius 1 is 1.89 bits per heavy atom. The summed E-state index contributed by atoms with van der Waals surface area (Å²) in [5.41, 5.74) is 7.65. The molecule has 0 amide bonds. The van der Waals surface area contributed by atoms with Crippen molar-refractivity contribution in [2.75, 3.05) is 6.54 Å². The highest BCUT2D eigenvalue weighted by Crippen LogP contribution is 1.83. The van der Waals surface area contributed by atoms with E-state index in [1.807, 2.05) is 0 Å². The molecule has 0 radical (unpaired) electrons. The van der Waals surface area contributed by atoms with Crippen LogP contribution in [0.5, 0.6) is 0 Å². The third-order valence-electron chi connectivity index (χ3n) is 0.603. The summed E-state index contributed by atoms with van der Waals surface area (Å²) < 4.78 is 0. The number of hydrogen-bond donors (Lipinski definition) is 2. The summed E-state index contributed by atoms with van der Waals surface area (Å²) in [7, 11) is 0. The predicted molar refractivity (Wildman–Crippen MR) is 27.7 cm³/mol. The van der Waals surface area contributed by atoms with Crippen molar-refractivity contribution in [2.24, 2.45) is 5.11 Å². The molecule has 0 aliphatic rings. The topological polar surface area (TPSA) is 106 Å². The molecule has 50 valence electrons. The van der Waals surface area contributed by atoms with Crippen molar-refractivity contribution in [1.82, 2.24) is 0 Å². The average Bonchev–Trinajstić information content (AvgIpc) is 1.82. The number of aliphatic hydroxyl groups excluding tert-OH is 1. The van der Waals surface area contributed by atoms with Gasteiger partial charge in [-0.1, -0.05) is 5.11 Å². The van der Waals surface area contributed by atoms with E-state index in [0.717, 1.165) is 0 Å². The van der Waals surface area contributed by atoms with Crippen LogP contribution >= 0.6 is 0 Å². The van der Waals surface area contributed by atoms with Crippen molar-refractivity contribution in [2.45, 2.75) is 6.10 Å². The van der Waals surface area contributed by atoms with Gasteiger partial charge in [0.2, 0.25) is 0 Å². The molecule has 0 bridgehead atoms. The first kappa shape index (κ1) is 7.74. The van der Waals surface area contributed by atoms with Crippen LogP contribution in [0.4, 0.5) is 0 Å². The fourth-order valence-corrected chi connectivity index (χ4v) is 0.192. The largest absolute Gasteiger partial charge is 0.479 e. The Hall–Kier alpha value is -1.26. The lowest BCUT2D eigenvalue weighted by molar-refractivity contribution is -0.145. The molecule has 0 heterocycles. The molecule has 0 aliphatic carbocycles. The quantitative estimate of drug-likeness (QED) is 0.313. The van der Waals surface area contributed by atoms with E-state index in [0.29, 0.717) is 0 Å². The maximum atomic E-state index is 9.77. The van der Waals surface area contributed by atoms with E-state index in [1.165, 1.54) is 0 Å². The molecule has 6 heteroatoms. The summed E-state index contributed by atoms with van der Waals surface area (Å²) in [6.45, 7) is -0.425. The van der Waals surface area contributed by atoms with Gasteiger partial charge in [0.25, 0.3) is 0 Å². The van der Waals surface area contributed by atoms with Gasteiger partial charge in [-0.25, -0.2) is 4.79 Å². The maximum absolute atomic E-state index is 9.77. The summed E-state index contributed by atoms with van der Waals surface area (Å²) in [6.07, 6.45) is -1.58. The van der Waals surface area contributed by atoms with E-state index < -0.39 is 18.6 Å². The smallest absolute Gasteiger partial charge is 0.332 e. The van der Waals surface area contributed by atoms with E-state index in [2.05, 4.69) is 10.0 Å². The number of nitrogens with zero attached hydrogens (tertiary/aromatic N) is 3. The number of rotatable bonds is 3. The lowest BCUT2D eigenvalue weighted by Crippen LogP contribution is -2.22. The van der Waals surface area contributed by atoms with Gasteiger partial charge in [0.15, 0.2) is 6.10 Å². The fraction of sp³-hybridized carbons (Fsp3) is 0.667. The highest BCUT2D eigenvalue weighted by Gasteiger charge is 2.09. The molecular formula is C3H5N3O3. The van der Waals surface area contributed by atoms with E-state index in [9.17, 15) is 4.79 Å². The van der Waals surface area contributed by atoms with Crippen molar-refractivity contribution < 1.29 is 15.0 Å². The first-order chi connectivity index (χ1) is 4.18. The normalized spacial score (nSPS) is 11.7. The van der Waals surface area contributed by atoms with Gasteiger partial charge in [-0.3, -0.25) is 0 Å². The van der Waals surface area contributed by atoms with Gasteiger partial charge in [0.05, 0.1) is 6.54 Å². The van der Waals surface area contributed by atoms with E-state index in [4.69, 9.17) is 15.7 Å². The van der Waals surface area contributed by atoms with Crippen LogP contribution in [0.3, 0.4) is 0 Å². The summed E-state index contributed by atoms with van der Waals surface area (Å²) in [5, 5.41) is 19.2. The zero-order valence-corrected chi connectivity index (χ0v) is 4.43. The molecule has 0 aromatic rings. The minimum absolute atomic E-state index is 0.425. The summed E-state index contributed by atoms with van der Waals surface area (Å²) in [4.78, 5) is 12.0. The molecule has 2 N–H and O–H groups in total. The molecule has 0 fully saturated rings. The number of hydrogen-bond acceptors (Lipinski definition) is 3. The second kappa shape index (κ2) is 3.71. The summed E-state index contributed by atoms with van der Waals surface area (Å²) >= 11 is 0. The molecule has 0 spiro atoms. The Morgan fingerprint density at radius 2 is 2.44 bits per heavy atom. The summed E-state index contributed by atoms with van der Waals surface area (Å²) in [5.74, 6) is -1.39. The van der Waals surface area contributed by atoms with Gasteiger partial charge in [0.1, 0.15) is 0 Å². The average molecular weight is 131 g/mol. The van der Waals surface area contributed by atoms with Crippen LogP contribution in [-0.4, -0.2) is 28.8 Å². The van der Waals surface area contributed by atoms with E-state index >= 15 is 0 Å². The second-order valence-electron chi connectivity index (χ2n) is 1.27. The number of aliphatic carboxylic acids is 1. The van der Waals surface area contributed by atoms with Crippen molar-refractivity contribution >= 4 is 5.97 Å². The monoisotopic (exact) mass is 131 g/mol. The van der Waals surface area contributed by atoms with Gasteiger partial charge in [-0.15, -0.1) is 0 Å². The number of aliphatic hydroxyl groups is 1. The molecule has 0 aromatic heterocycles. The van der Waals surface area contributed by atoms with Crippen LogP contribution in [0.2, 0.25) is 0 Å². The van der Waals surface area contributed by atoms with Gasteiger partial charge in [0, 0.05) is 4.91 Å². The second-order valence-corrected chi connectivity index (χ2v) is 1.27. The van der Waals surface area contributed by atoms with Crippen LogP contribution in [0.1, 0.15) is 0 Å². The Bertz CT molecular complexity index is 150. The minimum Gasteiger partial charge on any atom is -0.479 e. The predicted octanol–water partition coefficient (Wildman–Crippen LogP) is -0.258. The number of carboxylic acids is 1. The maximum Gasteiger partial charge on any atom is 0.332 e. The van der Waals surface area contributed by atoms with Gasteiger partial charge >= 0.3 is 5.97 Å². The van der Waals surface area contributed by atoms with E-state index in [1.54, 1.807) is 0 Å². The molecule has 0 aromatic carbocycles. The molecule has 6 nitrogen and oxygen atoms in total. The SMILES string of the molecule is [N-]=[N+]=NC[C@H](O)C(=O)O. The molecule has 0 saturated heterocycles. The minimum atomic E-state index is -1.58. The van der Waals surface area contributed by atoms with E-state index in [-0.39, 0.29) is 0 Å². The van der Waals surface area contributed by atoms with Gasteiger partial charge < -0.3 is 10.2 Å². The molecule has 0 unspecified atom stereocenters. The number of carbonyl (C=O) groups is 1. The van der Waals surface area contributed by atoms with Crippen molar-refractivity contribution in [3.8, 4) is 0 Å². The Labute approximate surface area is 50.4 Å². The highest BCUT2D eigenvalue weighted by atomic mass is 16.4. The molecule has 0 saturated carbocycles. The van der Waals surface area contributed by atoms with Crippen LogP contribution in [0.25, 0.3) is 10.4 Å². The molecule has 0 rings (SSSR count). The molecular weight excluding hydrogens is 126 g/mol. The van der Waals surface area contributed by atoms with Gasteiger partial charge in [-0.2, -0.15) is 0 Å². The highest BCUT2D eigenvalue weighted by molar-refractivity contribution is 5.72. The first-order valence-corrected chi connectivity index (χ1v) is 2.10. The van der Waals surface area contributed by atoms with Crippen molar-refractivity contribution in [1.29, 1.82) is 0 Å².